The fraction of sp³-hybridized carbons (Fsp3) is 0.222. The molecule has 2 heterocycles. The number of carbonyl (C=O) groups is 3. The number of rotatable bonds is 6. The zero-order valence-corrected chi connectivity index (χ0v) is 14.7. The van der Waals surface area contributed by atoms with Gasteiger partial charge in [0.05, 0.1) is 23.5 Å². The summed E-state index contributed by atoms with van der Waals surface area (Å²) in [4.78, 5) is 41.3. The Morgan fingerprint density at radius 3 is 2.69 bits per heavy atom. The third-order valence-corrected chi connectivity index (χ3v) is 4.96. The molecule has 26 heavy (non-hydrogen) atoms. The Labute approximate surface area is 154 Å². The van der Waals surface area contributed by atoms with E-state index in [-0.39, 0.29) is 22.9 Å². The van der Waals surface area contributed by atoms with Gasteiger partial charge in [0.25, 0.3) is 0 Å². The second kappa shape index (κ2) is 7.57. The van der Waals surface area contributed by atoms with Crippen molar-refractivity contribution in [1.29, 1.82) is 0 Å². The molecule has 1 aliphatic rings. The number of carboxylic acid groups (broad SMARTS) is 1. The van der Waals surface area contributed by atoms with E-state index in [1.807, 2.05) is 6.92 Å². The first-order chi connectivity index (χ1) is 12.5. The number of carbonyl (C=O) groups excluding carboxylic acids is 3. The zero-order chi connectivity index (χ0) is 18.7. The van der Waals surface area contributed by atoms with Crippen molar-refractivity contribution < 1.29 is 24.2 Å². The van der Waals surface area contributed by atoms with Gasteiger partial charge in [-0.25, -0.2) is 9.88 Å². The van der Waals surface area contributed by atoms with E-state index in [1.165, 1.54) is 18.3 Å². The first-order valence-electron chi connectivity index (χ1n) is 7.94. The molecule has 0 radical (unpaired) electrons. The number of benzene rings is 1. The summed E-state index contributed by atoms with van der Waals surface area (Å²) in [7, 11) is 0. The molecule has 8 heteroatoms. The number of amides is 2. The van der Waals surface area contributed by atoms with Gasteiger partial charge in [0, 0.05) is 18.2 Å². The van der Waals surface area contributed by atoms with Crippen LogP contribution in [0.2, 0.25) is 0 Å². The summed E-state index contributed by atoms with van der Waals surface area (Å²) in [5.41, 5.74) is 0.352. The SMILES string of the molecule is CCOc1ccc(N2C(=O)C[C@H](Sc3ncccc3C(=O)[O-])C2=O)cc1. The molecule has 3 rings (SSSR count). The lowest BCUT2D eigenvalue weighted by molar-refractivity contribution is -0.255. The highest BCUT2D eigenvalue weighted by Gasteiger charge is 2.40. The fourth-order valence-electron chi connectivity index (χ4n) is 2.60. The number of hydrogen-bond acceptors (Lipinski definition) is 7. The third-order valence-electron chi connectivity index (χ3n) is 3.76. The fourth-order valence-corrected chi connectivity index (χ4v) is 3.70. The van der Waals surface area contributed by atoms with E-state index in [0.717, 1.165) is 16.7 Å². The molecule has 1 aliphatic heterocycles. The maximum Gasteiger partial charge on any atom is 0.247 e. The standard InChI is InChI=1S/C18H16N2O5S/c1-2-25-12-7-5-11(6-8-12)20-15(21)10-14(17(20)22)26-16-13(18(23)24)4-3-9-19-16/h3-9,14H,2,10H2,1H3,(H,23,24)/p-1/t14-/m0/s1. The molecular weight excluding hydrogens is 356 g/mol. The van der Waals surface area contributed by atoms with Crippen molar-refractivity contribution in [2.75, 3.05) is 11.5 Å². The highest BCUT2D eigenvalue weighted by Crippen LogP contribution is 2.34. The smallest absolute Gasteiger partial charge is 0.247 e. The van der Waals surface area contributed by atoms with Gasteiger partial charge in [-0.05, 0) is 43.3 Å². The van der Waals surface area contributed by atoms with Crippen LogP contribution in [0.25, 0.3) is 0 Å². The molecule has 1 saturated heterocycles. The molecule has 1 atom stereocenters. The highest BCUT2D eigenvalue weighted by atomic mass is 32.2. The minimum atomic E-state index is -1.37. The van der Waals surface area contributed by atoms with Gasteiger partial charge < -0.3 is 14.6 Å². The number of ether oxygens (including phenoxy) is 1. The van der Waals surface area contributed by atoms with Gasteiger partial charge in [-0.3, -0.25) is 9.59 Å². The molecular formula is C18H15N2O5S-. The quantitative estimate of drug-likeness (QED) is 0.705. The molecule has 134 valence electrons. The zero-order valence-electron chi connectivity index (χ0n) is 13.9. The van der Waals surface area contributed by atoms with Crippen LogP contribution in [0.15, 0.2) is 47.6 Å². The molecule has 0 N–H and O–H groups in total. The topological polar surface area (TPSA) is 99.6 Å². The molecule has 1 fully saturated rings. The second-order valence-electron chi connectivity index (χ2n) is 5.45. The van der Waals surface area contributed by atoms with Crippen LogP contribution < -0.4 is 14.7 Å². The van der Waals surface area contributed by atoms with Crippen LogP contribution in [0, 0.1) is 0 Å². The summed E-state index contributed by atoms with van der Waals surface area (Å²) in [5, 5.41) is 10.6. The van der Waals surface area contributed by atoms with E-state index >= 15 is 0 Å². The molecule has 0 bridgehead atoms. The molecule has 0 spiro atoms. The van der Waals surface area contributed by atoms with E-state index in [1.54, 1.807) is 24.3 Å². The number of aromatic carboxylic acids is 1. The Morgan fingerprint density at radius 2 is 2.04 bits per heavy atom. The van der Waals surface area contributed by atoms with E-state index in [9.17, 15) is 19.5 Å². The number of thioether (sulfide) groups is 1. The van der Waals surface area contributed by atoms with E-state index in [2.05, 4.69) is 4.98 Å². The Kier molecular flexibility index (Phi) is 5.22. The van der Waals surface area contributed by atoms with Crippen LogP contribution in [0.4, 0.5) is 5.69 Å². The van der Waals surface area contributed by atoms with Gasteiger partial charge in [-0.15, -0.1) is 0 Å². The summed E-state index contributed by atoms with van der Waals surface area (Å²) in [6, 6.07) is 9.49. The van der Waals surface area contributed by atoms with Gasteiger partial charge in [-0.1, -0.05) is 11.8 Å². The first-order valence-corrected chi connectivity index (χ1v) is 8.82. The molecule has 0 saturated carbocycles. The number of hydrogen-bond donors (Lipinski definition) is 0. The molecule has 2 aromatic rings. The summed E-state index contributed by atoms with van der Waals surface area (Å²) in [6.07, 6.45) is 1.40. The largest absolute Gasteiger partial charge is 0.545 e. The van der Waals surface area contributed by atoms with Crippen molar-refractivity contribution in [3.8, 4) is 5.75 Å². The first kappa shape index (κ1) is 17.9. The van der Waals surface area contributed by atoms with Gasteiger partial charge in [-0.2, -0.15) is 0 Å². The molecule has 2 amide bonds. The molecule has 0 unspecified atom stereocenters. The number of carboxylic acids is 1. The van der Waals surface area contributed by atoms with Crippen molar-refractivity contribution in [2.24, 2.45) is 0 Å². The Hall–Kier alpha value is -2.87. The number of pyridine rings is 1. The van der Waals surface area contributed by atoms with E-state index in [0.29, 0.717) is 18.0 Å². The lowest BCUT2D eigenvalue weighted by Crippen LogP contribution is -2.31. The summed E-state index contributed by atoms with van der Waals surface area (Å²) in [5.74, 6) is -1.48. The highest BCUT2D eigenvalue weighted by molar-refractivity contribution is 8.00. The van der Waals surface area contributed by atoms with Crippen molar-refractivity contribution >= 4 is 35.2 Å². The maximum absolute atomic E-state index is 12.7. The van der Waals surface area contributed by atoms with Crippen LogP contribution in [-0.2, 0) is 9.59 Å². The Bertz CT molecular complexity index is 853. The minimum absolute atomic E-state index is 0.0280. The number of imide groups is 1. The predicted molar refractivity (Wildman–Crippen MR) is 92.9 cm³/mol. The Morgan fingerprint density at radius 1 is 1.31 bits per heavy atom. The predicted octanol–water partition coefficient (Wildman–Crippen LogP) is 1.27. The van der Waals surface area contributed by atoms with Gasteiger partial charge in [0.15, 0.2) is 0 Å². The third kappa shape index (κ3) is 3.55. The van der Waals surface area contributed by atoms with E-state index in [4.69, 9.17) is 4.74 Å². The van der Waals surface area contributed by atoms with Crippen molar-refractivity contribution in [2.45, 2.75) is 23.6 Å². The normalized spacial score (nSPS) is 16.8. The van der Waals surface area contributed by atoms with Crippen LogP contribution in [0.5, 0.6) is 5.75 Å². The summed E-state index contributed by atoms with van der Waals surface area (Å²) < 4.78 is 5.35. The lowest BCUT2D eigenvalue weighted by Gasteiger charge is -2.16. The molecule has 7 nitrogen and oxygen atoms in total. The second-order valence-corrected chi connectivity index (χ2v) is 6.64. The number of anilines is 1. The molecule has 1 aromatic carbocycles. The molecule has 1 aromatic heterocycles. The van der Waals surface area contributed by atoms with Gasteiger partial charge in [0.2, 0.25) is 11.8 Å². The van der Waals surface area contributed by atoms with Crippen molar-refractivity contribution in [3.05, 3.63) is 48.2 Å². The minimum Gasteiger partial charge on any atom is -0.545 e. The van der Waals surface area contributed by atoms with Gasteiger partial charge >= 0.3 is 0 Å². The van der Waals surface area contributed by atoms with Crippen LogP contribution >= 0.6 is 11.8 Å². The molecule has 0 aliphatic carbocycles. The number of nitrogens with zero attached hydrogens (tertiary/aromatic N) is 2. The average molecular weight is 371 g/mol. The lowest BCUT2D eigenvalue weighted by atomic mass is 10.3. The summed E-state index contributed by atoms with van der Waals surface area (Å²) >= 11 is 0.959. The van der Waals surface area contributed by atoms with Crippen molar-refractivity contribution in [1.82, 2.24) is 4.98 Å². The van der Waals surface area contributed by atoms with E-state index < -0.39 is 17.1 Å². The van der Waals surface area contributed by atoms with Crippen LogP contribution in [-0.4, -0.2) is 34.6 Å². The van der Waals surface area contributed by atoms with Crippen LogP contribution in [0.3, 0.4) is 0 Å². The van der Waals surface area contributed by atoms with Crippen molar-refractivity contribution in [3.63, 3.8) is 0 Å². The monoisotopic (exact) mass is 371 g/mol. The Balaban J connectivity index is 1.80. The van der Waals surface area contributed by atoms with Gasteiger partial charge in [0.1, 0.15) is 10.8 Å². The van der Waals surface area contributed by atoms with Crippen LogP contribution in [0.1, 0.15) is 23.7 Å². The number of aromatic nitrogens is 1. The summed E-state index contributed by atoms with van der Waals surface area (Å²) in [6.45, 7) is 2.38. The maximum atomic E-state index is 12.7. The average Bonchev–Trinajstić information content (AvgIpc) is 2.90.